The summed E-state index contributed by atoms with van der Waals surface area (Å²) in [5.41, 5.74) is 1.22. The van der Waals surface area contributed by atoms with E-state index in [0.717, 1.165) is 19.5 Å². The lowest BCUT2D eigenvalue weighted by molar-refractivity contribution is 0.662. The van der Waals surface area contributed by atoms with Gasteiger partial charge in [-0.05, 0) is 19.5 Å². The molecule has 1 aromatic rings. The zero-order valence-electron chi connectivity index (χ0n) is 8.16. The molecule has 1 nitrogen and oxygen atoms in total. The molecule has 0 aliphatic rings. The lowest BCUT2D eigenvalue weighted by Crippen LogP contribution is -2.16. The minimum absolute atomic E-state index is 0.167. The average molecular weight is 173 g/mol. The first-order valence-electron chi connectivity index (χ1n) is 4.86. The molecular weight excluding hydrogens is 157 g/mol. The van der Waals surface area contributed by atoms with Crippen LogP contribution in [0.4, 0.5) is 0 Å². The van der Waals surface area contributed by atoms with Gasteiger partial charge in [0.15, 0.2) is 0 Å². The Kier molecular flexibility index (Phi) is 4.62. The number of rotatable bonds is 5. The molecule has 0 heterocycles. The molecule has 13 heavy (non-hydrogen) atoms. The van der Waals surface area contributed by atoms with Gasteiger partial charge in [0, 0.05) is 0 Å². The maximum absolute atomic E-state index is 6.00. The van der Waals surface area contributed by atoms with Gasteiger partial charge in [-0.2, -0.15) is 0 Å². The number of benzene rings is 1. The summed E-state index contributed by atoms with van der Waals surface area (Å²) in [5.74, 6) is 0.167. The van der Waals surface area contributed by atoms with Crippen molar-refractivity contribution in [2.75, 3.05) is 13.1 Å². The highest BCUT2D eigenvalue weighted by Gasteiger charge is 2.02. The predicted molar refractivity (Wildman–Crippen MR) is 58.1 cm³/mol. The van der Waals surface area contributed by atoms with Gasteiger partial charge in [0.25, 0.3) is 0 Å². The van der Waals surface area contributed by atoms with E-state index in [4.69, 9.17) is 7.85 Å². The van der Waals surface area contributed by atoms with E-state index in [1.165, 1.54) is 5.56 Å². The minimum Gasteiger partial charge on any atom is -0.317 e. The molecule has 1 atom stereocenters. The van der Waals surface area contributed by atoms with E-state index in [-0.39, 0.29) is 5.82 Å². The van der Waals surface area contributed by atoms with Crippen LogP contribution in [0.15, 0.2) is 30.3 Å². The van der Waals surface area contributed by atoms with Crippen molar-refractivity contribution in [1.82, 2.24) is 5.32 Å². The molecule has 0 aromatic heterocycles. The summed E-state index contributed by atoms with van der Waals surface area (Å²) in [6.07, 6.45) is 0.998. The first-order valence-corrected chi connectivity index (χ1v) is 4.86. The molecule has 2 radical (unpaired) electrons. The highest BCUT2D eigenvalue weighted by molar-refractivity contribution is 6.12. The van der Waals surface area contributed by atoms with Gasteiger partial charge in [0.2, 0.25) is 0 Å². The van der Waals surface area contributed by atoms with Crippen molar-refractivity contribution in [3.8, 4) is 0 Å². The van der Waals surface area contributed by atoms with E-state index in [1.807, 2.05) is 18.2 Å². The molecule has 0 spiro atoms. The molecule has 0 fully saturated rings. The maximum atomic E-state index is 6.00. The zero-order valence-corrected chi connectivity index (χ0v) is 8.16. The smallest absolute Gasteiger partial charge is 0.0764 e. The highest BCUT2D eigenvalue weighted by atomic mass is 14.8. The Labute approximate surface area is 82.0 Å². The van der Waals surface area contributed by atoms with Crippen LogP contribution in [0.3, 0.4) is 0 Å². The van der Waals surface area contributed by atoms with Gasteiger partial charge in [-0.25, -0.2) is 0 Å². The summed E-state index contributed by atoms with van der Waals surface area (Å²) in [6, 6.07) is 10.2. The van der Waals surface area contributed by atoms with Crippen molar-refractivity contribution < 1.29 is 0 Å². The summed E-state index contributed by atoms with van der Waals surface area (Å²) in [6.45, 7) is 4.11. The first kappa shape index (κ1) is 10.3. The van der Waals surface area contributed by atoms with Gasteiger partial charge in [0.1, 0.15) is 0 Å². The van der Waals surface area contributed by atoms with E-state index >= 15 is 0 Å². The van der Waals surface area contributed by atoms with Crippen molar-refractivity contribution in [3.05, 3.63) is 35.9 Å². The largest absolute Gasteiger partial charge is 0.317 e. The monoisotopic (exact) mass is 173 g/mol. The van der Waals surface area contributed by atoms with Crippen molar-refractivity contribution in [3.63, 3.8) is 0 Å². The van der Waals surface area contributed by atoms with Crippen molar-refractivity contribution in [1.29, 1.82) is 0 Å². The molecule has 0 saturated carbocycles. The van der Waals surface area contributed by atoms with Crippen LogP contribution >= 0.6 is 0 Å². The fourth-order valence-corrected chi connectivity index (χ4v) is 1.30. The summed E-state index contributed by atoms with van der Waals surface area (Å²) in [5, 5.41) is 3.27. The van der Waals surface area contributed by atoms with Crippen LogP contribution in [0.5, 0.6) is 0 Å². The Morgan fingerprint density at radius 1 is 1.31 bits per heavy atom. The summed E-state index contributed by atoms with van der Waals surface area (Å²) in [7, 11) is 6.00. The fourth-order valence-electron chi connectivity index (χ4n) is 1.30. The second kappa shape index (κ2) is 5.82. The van der Waals surface area contributed by atoms with Crippen molar-refractivity contribution in [2.24, 2.45) is 0 Å². The van der Waals surface area contributed by atoms with Crippen molar-refractivity contribution in [2.45, 2.75) is 19.2 Å². The van der Waals surface area contributed by atoms with Crippen molar-refractivity contribution >= 4 is 7.85 Å². The van der Waals surface area contributed by atoms with Crippen LogP contribution < -0.4 is 5.32 Å². The third-order valence-electron chi connectivity index (χ3n) is 2.11. The van der Waals surface area contributed by atoms with E-state index in [9.17, 15) is 0 Å². The second-order valence-electron chi connectivity index (χ2n) is 3.16. The minimum atomic E-state index is 0.167. The first-order chi connectivity index (χ1) is 6.34. The normalized spacial score (nSPS) is 12.7. The van der Waals surface area contributed by atoms with Gasteiger partial charge in [0.05, 0.1) is 7.85 Å². The molecule has 0 bridgehead atoms. The fraction of sp³-hybridized carbons (Fsp3) is 0.455. The van der Waals surface area contributed by atoms with E-state index in [1.54, 1.807) is 0 Å². The standard InChI is InChI=1S/C11H16BN/c1-2-13-9-8-11(12)10-6-4-3-5-7-10/h3-7,11,13H,2,8-9H2,1H3. The molecule has 1 rings (SSSR count). The van der Waals surface area contributed by atoms with Crippen LogP contribution in [0, 0.1) is 0 Å². The number of hydrogen-bond acceptors (Lipinski definition) is 1. The molecule has 1 unspecified atom stereocenters. The quantitative estimate of drug-likeness (QED) is 0.529. The molecule has 2 heteroatoms. The Balaban J connectivity index is 2.35. The van der Waals surface area contributed by atoms with Crippen LogP contribution in [0.25, 0.3) is 0 Å². The predicted octanol–water partition coefficient (Wildman–Crippen LogP) is 1.90. The van der Waals surface area contributed by atoms with Crippen LogP contribution in [-0.2, 0) is 0 Å². The third-order valence-corrected chi connectivity index (χ3v) is 2.11. The molecular formula is C11H16BN. The topological polar surface area (TPSA) is 12.0 Å². The van der Waals surface area contributed by atoms with Gasteiger partial charge >= 0.3 is 0 Å². The molecule has 0 aliphatic carbocycles. The van der Waals surface area contributed by atoms with E-state index in [2.05, 4.69) is 24.4 Å². The second-order valence-corrected chi connectivity index (χ2v) is 3.16. The Morgan fingerprint density at radius 2 is 2.00 bits per heavy atom. The van der Waals surface area contributed by atoms with Gasteiger partial charge in [-0.3, -0.25) is 0 Å². The van der Waals surface area contributed by atoms with Crippen LogP contribution in [0.2, 0.25) is 0 Å². The summed E-state index contributed by atoms with van der Waals surface area (Å²) >= 11 is 0. The van der Waals surface area contributed by atoms with Gasteiger partial charge < -0.3 is 5.32 Å². The molecule has 0 saturated heterocycles. The number of nitrogens with one attached hydrogen (secondary N) is 1. The lowest BCUT2D eigenvalue weighted by Gasteiger charge is -2.11. The van der Waals surface area contributed by atoms with Crippen LogP contribution in [-0.4, -0.2) is 20.9 Å². The van der Waals surface area contributed by atoms with Gasteiger partial charge in [-0.1, -0.05) is 48.6 Å². The Bertz CT molecular complexity index is 223. The molecule has 1 aromatic carbocycles. The van der Waals surface area contributed by atoms with Crippen LogP contribution in [0.1, 0.15) is 24.7 Å². The summed E-state index contributed by atoms with van der Waals surface area (Å²) in [4.78, 5) is 0. The lowest BCUT2D eigenvalue weighted by atomic mass is 9.79. The Hall–Kier alpha value is -0.755. The number of hydrogen-bond donors (Lipinski definition) is 1. The SMILES string of the molecule is [B]C(CCNCC)c1ccccc1. The highest BCUT2D eigenvalue weighted by Crippen LogP contribution is 2.14. The molecule has 68 valence electrons. The Morgan fingerprint density at radius 3 is 2.62 bits per heavy atom. The van der Waals surface area contributed by atoms with E-state index < -0.39 is 0 Å². The zero-order chi connectivity index (χ0) is 9.52. The third kappa shape index (κ3) is 3.64. The van der Waals surface area contributed by atoms with E-state index in [0.29, 0.717) is 0 Å². The summed E-state index contributed by atoms with van der Waals surface area (Å²) < 4.78 is 0. The molecule has 1 N–H and O–H groups in total. The molecule has 0 aliphatic heterocycles. The molecule has 0 amide bonds. The maximum Gasteiger partial charge on any atom is 0.0764 e. The average Bonchev–Trinajstić information content (AvgIpc) is 2.19. The van der Waals surface area contributed by atoms with Gasteiger partial charge in [-0.15, -0.1) is 0 Å².